The molecule has 1 aromatic rings. The molecule has 0 unspecified atom stereocenters. The van der Waals surface area contributed by atoms with Gasteiger partial charge in [-0.15, -0.1) is 0 Å². The topological polar surface area (TPSA) is 0 Å². The summed E-state index contributed by atoms with van der Waals surface area (Å²) in [6.07, 6.45) is 18.1. The van der Waals surface area contributed by atoms with E-state index in [2.05, 4.69) is 74.9 Å². The van der Waals surface area contributed by atoms with Crippen molar-refractivity contribution in [3.05, 3.63) is 145 Å². The molecule has 0 radical (unpaired) electrons. The molecule has 27 heavy (non-hydrogen) atoms. The molecule has 0 bridgehead atoms. The Morgan fingerprint density at radius 1 is 0.815 bits per heavy atom. The van der Waals surface area contributed by atoms with Gasteiger partial charge >= 0.3 is 0 Å². The first-order chi connectivity index (χ1) is 13.2. The summed E-state index contributed by atoms with van der Waals surface area (Å²) >= 11 is 0. The van der Waals surface area contributed by atoms with Gasteiger partial charge in [0, 0.05) is 0 Å². The molecule has 0 aliphatic heterocycles. The zero-order chi connectivity index (χ0) is 19.9. The monoisotopic (exact) mass is 352 g/mol. The van der Waals surface area contributed by atoms with Gasteiger partial charge in [0.25, 0.3) is 0 Å². The van der Waals surface area contributed by atoms with Gasteiger partial charge in [-0.1, -0.05) is 111 Å². The van der Waals surface area contributed by atoms with Crippen molar-refractivity contribution in [3.63, 3.8) is 0 Å². The van der Waals surface area contributed by atoms with Crippen LogP contribution >= 0.6 is 0 Å². The number of benzene rings is 1. The summed E-state index contributed by atoms with van der Waals surface area (Å²) in [6, 6.07) is 10.5. The zero-order valence-electron chi connectivity index (χ0n) is 16.4. The average Bonchev–Trinajstić information content (AvgIpc) is 2.96. The number of allylic oxidation sites excluding steroid dienone is 14. The molecule has 0 heterocycles. The number of rotatable bonds is 8. The average molecular weight is 353 g/mol. The van der Waals surface area contributed by atoms with E-state index in [1.54, 1.807) is 0 Å². The second kappa shape index (κ2) is 9.00. The molecule has 2 rings (SSSR count). The van der Waals surface area contributed by atoms with Crippen molar-refractivity contribution in [2.24, 2.45) is 0 Å². The quantitative estimate of drug-likeness (QED) is 0.429. The third-order valence-corrected chi connectivity index (χ3v) is 4.91. The highest BCUT2D eigenvalue weighted by molar-refractivity contribution is 5.77. The van der Waals surface area contributed by atoms with Crippen LogP contribution in [0.3, 0.4) is 0 Å². The van der Waals surface area contributed by atoms with E-state index in [4.69, 9.17) is 0 Å². The molecule has 0 atom stereocenters. The van der Waals surface area contributed by atoms with Gasteiger partial charge < -0.3 is 0 Å². The molecule has 0 aromatic heterocycles. The lowest BCUT2D eigenvalue weighted by Crippen LogP contribution is -2.30. The van der Waals surface area contributed by atoms with Crippen LogP contribution in [0.1, 0.15) is 19.4 Å². The zero-order valence-corrected chi connectivity index (χ0v) is 16.4. The largest absolute Gasteiger partial charge is 0.0991 e. The third-order valence-electron chi connectivity index (χ3n) is 4.91. The Hall–Kier alpha value is -3.12. The minimum Gasteiger partial charge on any atom is -0.0991 e. The van der Waals surface area contributed by atoms with Crippen LogP contribution in [0.2, 0.25) is 0 Å². The molecule has 0 saturated heterocycles. The van der Waals surface area contributed by atoms with Crippen molar-refractivity contribution in [2.45, 2.75) is 19.3 Å². The van der Waals surface area contributed by atoms with Crippen LogP contribution in [-0.4, -0.2) is 0 Å². The van der Waals surface area contributed by atoms with Crippen LogP contribution in [0.5, 0.6) is 0 Å². The van der Waals surface area contributed by atoms with E-state index in [1.165, 1.54) is 16.7 Å². The Kier molecular flexibility index (Phi) is 6.73. The summed E-state index contributed by atoms with van der Waals surface area (Å²) in [4.78, 5) is 0. The van der Waals surface area contributed by atoms with Crippen LogP contribution in [-0.2, 0) is 5.41 Å². The van der Waals surface area contributed by atoms with Gasteiger partial charge in [0.15, 0.2) is 0 Å². The molecule has 1 aliphatic carbocycles. The molecule has 0 heteroatoms. The highest BCUT2D eigenvalue weighted by Crippen LogP contribution is 2.55. The van der Waals surface area contributed by atoms with Crippen LogP contribution in [0.25, 0.3) is 0 Å². The molecule has 0 nitrogen and oxygen atoms in total. The highest BCUT2D eigenvalue weighted by atomic mass is 14.5. The maximum Gasteiger partial charge on any atom is 0.0713 e. The first-order valence-electron chi connectivity index (χ1n) is 9.18. The smallest absolute Gasteiger partial charge is 0.0713 e. The van der Waals surface area contributed by atoms with Crippen molar-refractivity contribution in [1.82, 2.24) is 0 Å². The van der Waals surface area contributed by atoms with Gasteiger partial charge in [-0.25, -0.2) is 0 Å². The Morgan fingerprint density at radius 2 is 1.33 bits per heavy atom. The third kappa shape index (κ3) is 3.19. The Balaban J connectivity index is 3.17. The van der Waals surface area contributed by atoms with Crippen LogP contribution in [0.4, 0.5) is 0 Å². The predicted molar refractivity (Wildman–Crippen MR) is 121 cm³/mol. The van der Waals surface area contributed by atoms with Crippen LogP contribution in [0.15, 0.2) is 139 Å². The van der Waals surface area contributed by atoms with Crippen molar-refractivity contribution < 1.29 is 0 Å². The molecular formula is C27H28. The maximum atomic E-state index is 4.12. The van der Waals surface area contributed by atoms with E-state index in [9.17, 15) is 0 Å². The van der Waals surface area contributed by atoms with Crippen molar-refractivity contribution in [3.8, 4) is 0 Å². The van der Waals surface area contributed by atoms with Gasteiger partial charge in [0.05, 0.1) is 5.41 Å². The molecule has 0 saturated carbocycles. The fourth-order valence-electron chi connectivity index (χ4n) is 3.99. The summed E-state index contributed by atoms with van der Waals surface area (Å²) in [5, 5.41) is 0. The van der Waals surface area contributed by atoms with Crippen LogP contribution in [0, 0.1) is 0 Å². The Labute approximate surface area is 164 Å². The Morgan fingerprint density at radius 3 is 1.70 bits per heavy atom. The van der Waals surface area contributed by atoms with Crippen molar-refractivity contribution in [1.29, 1.82) is 0 Å². The predicted octanol–water partition coefficient (Wildman–Crippen LogP) is 7.35. The van der Waals surface area contributed by atoms with Crippen LogP contribution < -0.4 is 0 Å². The molecule has 0 amide bonds. The molecule has 0 spiro atoms. The lowest BCUT2D eigenvalue weighted by atomic mass is 9.65. The lowest BCUT2D eigenvalue weighted by molar-refractivity contribution is 0.753. The normalized spacial score (nSPS) is 17.0. The van der Waals surface area contributed by atoms with E-state index in [1.807, 2.05) is 50.3 Å². The summed E-state index contributed by atoms with van der Waals surface area (Å²) in [7, 11) is 0. The summed E-state index contributed by atoms with van der Waals surface area (Å²) in [6.45, 7) is 20.3. The van der Waals surface area contributed by atoms with Crippen molar-refractivity contribution in [2.75, 3.05) is 0 Å². The molecule has 0 fully saturated rings. The van der Waals surface area contributed by atoms with Gasteiger partial charge in [0.1, 0.15) is 0 Å². The second-order valence-corrected chi connectivity index (χ2v) is 6.24. The Bertz CT molecular complexity index is 853. The fraction of sp³-hybridized carbons (Fsp3) is 0.111. The van der Waals surface area contributed by atoms with Gasteiger partial charge in [0.2, 0.25) is 0 Å². The molecule has 136 valence electrons. The summed E-state index contributed by atoms with van der Waals surface area (Å²) in [5.74, 6) is 0. The molecule has 1 aliphatic rings. The van der Waals surface area contributed by atoms with Crippen molar-refractivity contribution >= 4 is 0 Å². The number of hydrogen-bond donors (Lipinski definition) is 0. The molecular weight excluding hydrogens is 324 g/mol. The first kappa shape index (κ1) is 20.2. The standard InChI is InChI=1S/C27H28/c1-7-16-21(10-4)27(22-19-14-13-15-20-22)25(17-8-2)23(11-5)24(12-6)26(27)18-9-3/h7-20H,1,4-6H2,2-3H3/b17-8-,18-9-,21-16+. The van der Waals surface area contributed by atoms with Gasteiger partial charge in [-0.05, 0) is 47.3 Å². The highest BCUT2D eigenvalue weighted by Gasteiger charge is 2.46. The van der Waals surface area contributed by atoms with E-state index in [0.29, 0.717) is 0 Å². The van der Waals surface area contributed by atoms with E-state index in [-0.39, 0.29) is 0 Å². The minimum absolute atomic E-state index is 0.497. The van der Waals surface area contributed by atoms with E-state index >= 15 is 0 Å². The number of hydrogen-bond acceptors (Lipinski definition) is 0. The summed E-state index contributed by atoms with van der Waals surface area (Å²) < 4.78 is 0. The molecule has 1 aromatic carbocycles. The van der Waals surface area contributed by atoms with Gasteiger partial charge in [-0.2, -0.15) is 0 Å². The van der Waals surface area contributed by atoms with E-state index in [0.717, 1.165) is 16.7 Å². The van der Waals surface area contributed by atoms with Gasteiger partial charge in [-0.3, -0.25) is 0 Å². The second-order valence-electron chi connectivity index (χ2n) is 6.24. The minimum atomic E-state index is -0.497. The fourth-order valence-corrected chi connectivity index (χ4v) is 3.99. The first-order valence-corrected chi connectivity index (χ1v) is 9.18. The van der Waals surface area contributed by atoms with E-state index < -0.39 is 5.41 Å². The molecule has 0 N–H and O–H groups in total. The maximum absolute atomic E-state index is 4.12. The lowest BCUT2D eigenvalue weighted by Gasteiger charge is -2.36. The summed E-state index contributed by atoms with van der Waals surface area (Å²) in [5.41, 5.74) is 6.28. The SMILES string of the molecule is C=C/C=C(\C=C)C1(c2ccccc2)C(/C=C\C)=C(C=C)C(C=C)=C1/C=C\C.